The Morgan fingerprint density at radius 3 is 2.60 bits per heavy atom. The molecule has 0 amide bonds. The highest BCUT2D eigenvalue weighted by Crippen LogP contribution is 2.10. The first-order valence-electron chi connectivity index (χ1n) is 4.92. The van der Waals surface area contributed by atoms with Crippen molar-refractivity contribution in [2.75, 3.05) is 0 Å². The van der Waals surface area contributed by atoms with E-state index in [-0.39, 0.29) is 0 Å². The Morgan fingerprint density at radius 2 is 1.93 bits per heavy atom. The van der Waals surface area contributed by atoms with Gasteiger partial charge in [-0.15, -0.1) is 0 Å². The van der Waals surface area contributed by atoms with Crippen LogP contribution in [0, 0.1) is 0 Å². The van der Waals surface area contributed by atoms with Crippen molar-refractivity contribution in [3.63, 3.8) is 0 Å². The summed E-state index contributed by atoms with van der Waals surface area (Å²) in [6, 6.07) is 12.5. The summed E-state index contributed by atoms with van der Waals surface area (Å²) in [7, 11) is 0. The fourth-order valence-corrected chi connectivity index (χ4v) is 1.84. The van der Waals surface area contributed by atoms with Crippen LogP contribution in [-0.4, -0.2) is 4.98 Å². The lowest BCUT2D eigenvalue weighted by Gasteiger charge is -2.02. The topological polar surface area (TPSA) is 27.8 Å². The maximum absolute atomic E-state index is 3.41. The van der Waals surface area contributed by atoms with Crippen molar-refractivity contribution in [3.05, 3.63) is 58.3 Å². The molecule has 0 atom stereocenters. The largest absolute Gasteiger partial charge is 0.363 e. The molecule has 78 valence electrons. The van der Waals surface area contributed by atoms with E-state index in [1.54, 1.807) is 0 Å². The number of rotatable bonds is 4. The Kier molecular flexibility index (Phi) is 3.59. The minimum Gasteiger partial charge on any atom is -0.363 e. The van der Waals surface area contributed by atoms with Crippen LogP contribution in [0.15, 0.2) is 47.1 Å². The Morgan fingerprint density at radius 1 is 1.13 bits per heavy atom. The van der Waals surface area contributed by atoms with Gasteiger partial charge in [0, 0.05) is 29.5 Å². The first kappa shape index (κ1) is 10.5. The van der Waals surface area contributed by atoms with Crippen LogP contribution in [0.3, 0.4) is 0 Å². The van der Waals surface area contributed by atoms with Crippen molar-refractivity contribution in [1.29, 1.82) is 0 Å². The highest BCUT2D eigenvalue weighted by molar-refractivity contribution is 9.10. The second-order valence-corrected chi connectivity index (χ2v) is 4.35. The molecule has 0 radical (unpaired) electrons. The first-order valence-corrected chi connectivity index (χ1v) is 5.71. The molecular weight excluding hydrogens is 252 g/mol. The number of nitrogens with one attached hydrogen (secondary N) is 2. The predicted octanol–water partition coefficient (Wildman–Crippen LogP) is 3.07. The molecular formula is C12H13BrN2. The maximum Gasteiger partial charge on any atom is 0.0360 e. The molecule has 2 rings (SSSR count). The van der Waals surface area contributed by atoms with E-state index < -0.39 is 0 Å². The minimum absolute atomic E-state index is 0.862. The number of halogens is 1. The number of benzene rings is 1. The molecule has 2 aromatic rings. The minimum atomic E-state index is 0.862. The van der Waals surface area contributed by atoms with E-state index in [2.05, 4.69) is 56.6 Å². The van der Waals surface area contributed by atoms with Gasteiger partial charge in [-0.3, -0.25) is 0 Å². The average Bonchev–Trinajstić information content (AvgIpc) is 2.66. The molecule has 1 heterocycles. The van der Waals surface area contributed by atoms with E-state index in [0.29, 0.717) is 0 Å². The first-order chi connectivity index (χ1) is 7.34. The fourth-order valence-electron chi connectivity index (χ4n) is 1.45. The summed E-state index contributed by atoms with van der Waals surface area (Å²) >= 11 is 3.41. The summed E-state index contributed by atoms with van der Waals surface area (Å²) in [5.41, 5.74) is 2.50. The van der Waals surface area contributed by atoms with Gasteiger partial charge in [0.1, 0.15) is 0 Å². The normalized spacial score (nSPS) is 10.5. The SMILES string of the molecule is Brc1c[nH]c(CNCc2ccccc2)c1. The molecule has 2 N–H and O–H groups in total. The van der Waals surface area contributed by atoms with E-state index in [9.17, 15) is 0 Å². The predicted molar refractivity (Wildman–Crippen MR) is 65.5 cm³/mol. The number of hydrogen-bond donors (Lipinski definition) is 2. The lowest BCUT2D eigenvalue weighted by Crippen LogP contribution is -2.12. The third-order valence-electron chi connectivity index (χ3n) is 2.19. The van der Waals surface area contributed by atoms with Gasteiger partial charge in [-0.1, -0.05) is 30.3 Å². The zero-order valence-electron chi connectivity index (χ0n) is 8.33. The lowest BCUT2D eigenvalue weighted by molar-refractivity contribution is 0.682. The van der Waals surface area contributed by atoms with Gasteiger partial charge in [-0.25, -0.2) is 0 Å². The molecule has 1 aromatic carbocycles. The maximum atomic E-state index is 3.41. The van der Waals surface area contributed by atoms with E-state index in [1.807, 2.05) is 12.3 Å². The molecule has 0 unspecified atom stereocenters. The number of aromatic nitrogens is 1. The van der Waals surface area contributed by atoms with Crippen LogP contribution in [0.2, 0.25) is 0 Å². The summed E-state index contributed by atoms with van der Waals surface area (Å²) in [5, 5.41) is 3.38. The van der Waals surface area contributed by atoms with Gasteiger partial charge in [0.15, 0.2) is 0 Å². The van der Waals surface area contributed by atoms with Crippen LogP contribution >= 0.6 is 15.9 Å². The smallest absolute Gasteiger partial charge is 0.0360 e. The number of hydrogen-bond acceptors (Lipinski definition) is 1. The molecule has 15 heavy (non-hydrogen) atoms. The summed E-state index contributed by atoms with van der Waals surface area (Å²) in [6.45, 7) is 1.76. The van der Waals surface area contributed by atoms with Crippen LogP contribution in [0.25, 0.3) is 0 Å². The Labute approximate surface area is 97.8 Å². The summed E-state index contributed by atoms with van der Waals surface area (Å²) < 4.78 is 1.10. The molecule has 2 nitrogen and oxygen atoms in total. The van der Waals surface area contributed by atoms with E-state index in [1.165, 1.54) is 11.3 Å². The standard InChI is InChI=1S/C12H13BrN2/c13-11-6-12(15-8-11)9-14-7-10-4-2-1-3-5-10/h1-6,8,14-15H,7,9H2. The zero-order valence-corrected chi connectivity index (χ0v) is 9.92. The van der Waals surface area contributed by atoms with Crippen LogP contribution in [0.4, 0.5) is 0 Å². The van der Waals surface area contributed by atoms with Gasteiger partial charge >= 0.3 is 0 Å². The van der Waals surface area contributed by atoms with Gasteiger partial charge in [0.2, 0.25) is 0 Å². The molecule has 0 spiro atoms. The molecule has 0 saturated carbocycles. The lowest BCUT2D eigenvalue weighted by atomic mass is 10.2. The molecule has 0 saturated heterocycles. The van der Waals surface area contributed by atoms with Crippen molar-refractivity contribution >= 4 is 15.9 Å². The van der Waals surface area contributed by atoms with E-state index in [0.717, 1.165) is 17.6 Å². The molecule has 3 heteroatoms. The van der Waals surface area contributed by atoms with Gasteiger partial charge < -0.3 is 10.3 Å². The van der Waals surface area contributed by atoms with Gasteiger partial charge in [0.05, 0.1) is 0 Å². The Hall–Kier alpha value is -1.06. The Bertz CT molecular complexity index is 409. The molecule has 0 bridgehead atoms. The summed E-state index contributed by atoms with van der Waals surface area (Å²) in [6.07, 6.45) is 1.94. The van der Waals surface area contributed by atoms with Crippen molar-refractivity contribution in [2.24, 2.45) is 0 Å². The van der Waals surface area contributed by atoms with Crippen LogP contribution < -0.4 is 5.32 Å². The second-order valence-electron chi connectivity index (χ2n) is 3.43. The molecule has 0 aliphatic heterocycles. The summed E-state index contributed by atoms with van der Waals surface area (Å²) in [5.74, 6) is 0. The van der Waals surface area contributed by atoms with Gasteiger partial charge in [-0.2, -0.15) is 0 Å². The van der Waals surface area contributed by atoms with E-state index in [4.69, 9.17) is 0 Å². The quantitative estimate of drug-likeness (QED) is 0.873. The van der Waals surface area contributed by atoms with Crippen molar-refractivity contribution in [1.82, 2.24) is 10.3 Å². The van der Waals surface area contributed by atoms with Crippen LogP contribution in [-0.2, 0) is 13.1 Å². The highest BCUT2D eigenvalue weighted by Gasteiger charge is 1.96. The highest BCUT2D eigenvalue weighted by atomic mass is 79.9. The van der Waals surface area contributed by atoms with E-state index >= 15 is 0 Å². The fraction of sp³-hybridized carbons (Fsp3) is 0.167. The Balaban J connectivity index is 1.80. The third kappa shape index (κ3) is 3.22. The van der Waals surface area contributed by atoms with Gasteiger partial charge in [0.25, 0.3) is 0 Å². The van der Waals surface area contributed by atoms with Crippen molar-refractivity contribution in [2.45, 2.75) is 13.1 Å². The van der Waals surface area contributed by atoms with Crippen molar-refractivity contribution < 1.29 is 0 Å². The molecule has 1 aromatic heterocycles. The molecule has 0 fully saturated rings. The van der Waals surface area contributed by atoms with Crippen molar-refractivity contribution in [3.8, 4) is 0 Å². The average molecular weight is 265 g/mol. The van der Waals surface area contributed by atoms with Crippen LogP contribution in [0.5, 0.6) is 0 Å². The number of aromatic amines is 1. The molecule has 0 aliphatic carbocycles. The second kappa shape index (κ2) is 5.14. The number of H-pyrrole nitrogens is 1. The van der Waals surface area contributed by atoms with Crippen LogP contribution in [0.1, 0.15) is 11.3 Å². The monoisotopic (exact) mass is 264 g/mol. The summed E-state index contributed by atoms with van der Waals surface area (Å²) in [4.78, 5) is 3.18. The molecule has 0 aliphatic rings. The third-order valence-corrected chi connectivity index (χ3v) is 2.65. The zero-order chi connectivity index (χ0) is 10.5. The van der Waals surface area contributed by atoms with Gasteiger partial charge in [-0.05, 0) is 27.6 Å².